The molecule has 17 heavy (non-hydrogen) atoms. The lowest BCUT2D eigenvalue weighted by Crippen LogP contribution is -2.14. The zero-order valence-corrected chi connectivity index (χ0v) is 10.1. The zero-order chi connectivity index (χ0) is 12.0. The van der Waals surface area contributed by atoms with Crippen molar-refractivity contribution in [1.29, 1.82) is 0 Å². The highest BCUT2D eigenvalue weighted by atomic mass is 15.3. The van der Waals surface area contributed by atoms with E-state index in [0.717, 1.165) is 24.5 Å². The molecular formula is C13H16N4. The van der Waals surface area contributed by atoms with Crippen LogP contribution >= 0.6 is 0 Å². The Morgan fingerprint density at radius 1 is 1.29 bits per heavy atom. The molecule has 0 aliphatic carbocycles. The third kappa shape index (κ3) is 1.56. The molecule has 0 radical (unpaired) electrons. The maximum Gasteiger partial charge on any atom is 0.0827 e. The van der Waals surface area contributed by atoms with Crippen LogP contribution < -0.4 is 10.6 Å². The second-order valence-electron chi connectivity index (χ2n) is 4.61. The van der Waals surface area contributed by atoms with Crippen molar-refractivity contribution in [2.75, 3.05) is 10.6 Å². The lowest BCUT2D eigenvalue weighted by atomic mass is 10.1. The molecule has 88 valence electrons. The van der Waals surface area contributed by atoms with Gasteiger partial charge >= 0.3 is 0 Å². The van der Waals surface area contributed by atoms with Crippen LogP contribution in [0.1, 0.15) is 16.8 Å². The first-order chi connectivity index (χ1) is 8.15. The van der Waals surface area contributed by atoms with Gasteiger partial charge in [0.1, 0.15) is 0 Å². The van der Waals surface area contributed by atoms with E-state index in [-0.39, 0.29) is 0 Å². The Hall–Kier alpha value is -1.97. The van der Waals surface area contributed by atoms with Gasteiger partial charge in [0.2, 0.25) is 0 Å². The summed E-state index contributed by atoms with van der Waals surface area (Å²) in [6.07, 6.45) is 2.07. The zero-order valence-electron chi connectivity index (χ0n) is 10.1. The van der Waals surface area contributed by atoms with Crippen LogP contribution in [0.3, 0.4) is 0 Å². The molecule has 0 fully saturated rings. The van der Waals surface area contributed by atoms with Crippen LogP contribution in [0.4, 0.5) is 11.4 Å². The van der Waals surface area contributed by atoms with Crippen molar-refractivity contribution in [1.82, 2.24) is 9.78 Å². The number of nitrogens with zero attached hydrogens (tertiary/aromatic N) is 3. The molecule has 0 saturated heterocycles. The maximum atomic E-state index is 6.01. The molecule has 3 rings (SSSR count). The Labute approximate surface area is 101 Å². The number of hydrogen-bond donors (Lipinski definition) is 1. The fourth-order valence-corrected chi connectivity index (χ4v) is 2.52. The molecule has 0 bridgehead atoms. The fraction of sp³-hybridized carbons (Fsp3) is 0.308. The van der Waals surface area contributed by atoms with Gasteiger partial charge < -0.3 is 10.6 Å². The van der Waals surface area contributed by atoms with Crippen molar-refractivity contribution in [2.45, 2.75) is 20.0 Å². The topological polar surface area (TPSA) is 47.1 Å². The van der Waals surface area contributed by atoms with Gasteiger partial charge in [-0.1, -0.05) is 12.1 Å². The lowest BCUT2D eigenvalue weighted by Gasteiger charge is -2.16. The van der Waals surface area contributed by atoms with Crippen LogP contribution in [0.2, 0.25) is 0 Å². The number of aryl methyl sites for hydroxylation is 2. The van der Waals surface area contributed by atoms with Gasteiger partial charge in [-0.05, 0) is 24.1 Å². The van der Waals surface area contributed by atoms with E-state index in [9.17, 15) is 0 Å². The Morgan fingerprint density at radius 2 is 2.12 bits per heavy atom. The van der Waals surface area contributed by atoms with E-state index in [1.807, 2.05) is 30.8 Å². The van der Waals surface area contributed by atoms with Crippen molar-refractivity contribution in [2.24, 2.45) is 7.05 Å². The monoisotopic (exact) mass is 228 g/mol. The summed E-state index contributed by atoms with van der Waals surface area (Å²) in [5.74, 6) is 0. The summed E-state index contributed by atoms with van der Waals surface area (Å²) < 4.78 is 1.86. The minimum absolute atomic E-state index is 0.883. The third-order valence-corrected chi connectivity index (χ3v) is 3.35. The van der Waals surface area contributed by atoms with E-state index in [2.05, 4.69) is 22.3 Å². The second-order valence-corrected chi connectivity index (χ2v) is 4.61. The molecule has 0 atom stereocenters. The van der Waals surface area contributed by atoms with Crippen molar-refractivity contribution < 1.29 is 0 Å². The van der Waals surface area contributed by atoms with Crippen molar-refractivity contribution in [3.05, 3.63) is 41.2 Å². The highest BCUT2D eigenvalue weighted by Crippen LogP contribution is 2.32. The molecule has 4 heteroatoms. The SMILES string of the molecule is Cc1nn(C)cc1N1Cc2cccc(N)c2C1. The first-order valence-electron chi connectivity index (χ1n) is 5.76. The summed E-state index contributed by atoms with van der Waals surface area (Å²) in [5, 5.41) is 4.38. The molecule has 1 aliphatic rings. The van der Waals surface area contributed by atoms with Gasteiger partial charge in [0.05, 0.1) is 11.4 Å². The number of fused-ring (bicyclic) bond motifs is 1. The minimum Gasteiger partial charge on any atom is -0.398 e. The second kappa shape index (κ2) is 3.52. The molecule has 1 aromatic heterocycles. The predicted molar refractivity (Wildman–Crippen MR) is 68.7 cm³/mol. The molecule has 2 aromatic rings. The molecule has 1 aromatic carbocycles. The van der Waals surface area contributed by atoms with Crippen LogP contribution in [0.15, 0.2) is 24.4 Å². The van der Waals surface area contributed by atoms with E-state index in [1.165, 1.54) is 16.8 Å². The van der Waals surface area contributed by atoms with Crippen molar-refractivity contribution in [3.8, 4) is 0 Å². The average Bonchev–Trinajstić information content (AvgIpc) is 2.82. The molecule has 4 nitrogen and oxygen atoms in total. The number of nitrogens with two attached hydrogens (primary N) is 1. The Kier molecular flexibility index (Phi) is 2.11. The number of rotatable bonds is 1. The van der Waals surface area contributed by atoms with E-state index < -0.39 is 0 Å². The van der Waals surface area contributed by atoms with Gasteiger partial charge in [-0.3, -0.25) is 4.68 Å². The van der Waals surface area contributed by atoms with Crippen LogP contribution in [-0.4, -0.2) is 9.78 Å². The van der Waals surface area contributed by atoms with Crippen LogP contribution in [-0.2, 0) is 20.1 Å². The summed E-state index contributed by atoms with van der Waals surface area (Å²) in [7, 11) is 1.95. The Balaban J connectivity index is 1.97. The minimum atomic E-state index is 0.883. The number of nitrogen functional groups attached to an aromatic ring is 1. The van der Waals surface area contributed by atoms with E-state index in [0.29, 0.717) is 0 Å². The highest BCUT2D eigenvalue weighted by Gasteiger charge is 2.23. The van der Waals surface area contributed by atoms with Gasteiger partial charge in [0.25, 0.3) is 0 Å². The quantitative estimate of drug-likeness (QED) is 0.757. The first kappa shape index (κ1) is 10.2. The largest absolute Gasteiger partial charge is 0.398 e. The van der Waals surface area contributed by atoms with Gasteiger partial charge in [-0.2, -0.15) is 5.10 Å². The summed E-state index contributed by atoms with van der Waals surface area (Å²) >= 11 is 0. The molecule has 2 heterocycles. The number of aromatic nitrogens is 2. The van der Waals surface area contributed by atoms with E-state index >= 15 is 0 Å². The van der Waals surface area contributed by atoms with E-state index in [4.69, 9.17) is 5.73 Å². The third-order valence-electron chi connectivity index (χ3n) is 3.35. The fourth-order valence-electron chi connectivity index (χ4n) is 2.52. The van der Waals surface area contributed by atoms with Crippen LogP contribution in [0.5, 0.6) is 0 Å². The van der Waals surface area contributed by atoms with Gasteiger partial charge in [0, 0.05) is 32.0 Å². The molecule has 1 aliphatic heterocycles. The summed E-state index contributed by atoms with van der Waals surface area (Å²) in [4.78, 5) is 2.32. The number of hydrogen-bond acceptors (Lipinski definition) is 3. The maximum absolute atomic E-state index is 6.01. The van der Waals surface area contributed by atoms with E-state index in [1.54, 1.807) is 0 Å². The van der Waals surface area contributed by atoms with Gasteiger partial charge in [-0.15, -0.1) is 0 Å². The normalized spacial score (nSPS) is 14.1. The highest BCUT2D eigenvalue weighted by molar-refractivity contribution is 5.60. The van der Waals surface area contributed by atoms with Crippen molar-refractivity contribution in [3.63, 3.8) is 0 Å². The first-order valence-corrected chi connectivity index (χ1v) is 5.76. The van der Waals surface area contributed by atoms with Crippen LogP contribution in [0.25, 0.3) is 0 Å². The predicted octanol–water partition coefficient (Wildman–Crippen LogP) is 1.83. The Morgan fingerprint density at radius 3 is 2.76 bits per heavy atom. The molecule has 0 saturated carbocycles. The van der Waals surface area contributed by atoms with Gasteiger partial charge in [-0.25, -0.2) is 0 Å². The number of anilines is 2. The molecule has 0 spiro atoms. The van der Waals surface area contributed by atoms with Crippen molar-refractivity contribution >= 4 is 11.4 Å². The summed E-state index contributed by atoms with van der Waals surface area (Å²) in [6, 6.07) is 6.14. The van der Waals surface area contributed by atoms with Crippen LogP contribution in [0, 0.1) is 6.92 Å². The standard InChI is InChI=1S/C13H16N4/c1-9-13(8-16(2)15-9)17-6-10-4-3-5-12(14)11(10)7-17/h3-5,8H,6-7,14H2,1-2H3. The molecular weight excluding hydrogens is 212 g/mol. The number of benzene rings is 1. The average molecular weight is 228 g/mol. The molecule has 0 unspecified atom stereocenters. The smallest absolute Gasteiger partial charge is 0.0827 e. The Bertz CT molecular complexity index is 571. The lowest BCUT2D eigenvalue weighted by molar-refractivity contribution is 0.756. The summed E-state index contributed by atoms with van der Waals surface area (Å²) in [6.45, 7) is 3.85. The molecule has 2 N–H and O–H groups in total. The molecule has 0 amide bonds. The summed E-state index contributed by atoms with van der Waals surface area (Å²) in [5.41, 5.74) is 11.8. The van der Waals surface area contributed by atoms with Gasteiger partial charge in [0.15, 0.2) is 0 Å².